The molecule has 0 amide bonds. The van der Waals surface area contributed by atoms with Crippen molar-refractivity contribution >= 4 is 17.7 Å². The molecule has 2 aromatic carbocycles. The van der Waals surface area contributed by atoms with Gasteiger partial charge in [0, 0.05) is 5.75 Å². The van der Waals surface area contributed by atoms with Gasteiger partial charge in [-0.1, -0.05) is 62.4 Å². The van der Waals surface area contributed by atoms with Crippen LogP contribution in [0.4, 0.5) is 13.2 Å². The average molecular weight is 451 g/mol. The summed E-state index contributed by atoms with van der Waals surface area (Å²) in [6, 6.07) is 14.5. The van der Waals surface area contributed by atoms with Gasteiger partial charge >= 0.3 is 12.1 Å². The molecule has 0 saturated heterocycles. The zero-order chi connectivity index (χ0) is 22.6. The van der Waals surface area contributed by atoms with Crippen LogP contribution in [0.2, 0.25) is 0 Å². The zero-order valence-electron chi connectivity index (χ0n) is 17.4. The molecule has 2 aromatic rings. The molecule has 0 bridgehead atoms. The number of hydrogen-bond acceptors (Lipinski definition) is 4. The smallest absolute Gasteiger partial charge is 0.416 e. The molecule has 31 heavy (non-hydrogen) atoms. The highest BCUT2D eigenvalue weighted by molar-refractivity contribution is 8.03. The first-order valence-corrected chi connectivity index (χ1v) is 11.1. The van der Waals surface area contributed by atoms with Crippen molar-refractivity contribution in [2.75, 3.05) is 0 Å². The first kappa shape index (κ1) is 23.3. The number of halogens is 3. The van der Waals surface area contributed by atoms with Gasteiger partial charge < -0.3 is 9.84 Å². The predicted molar refractivity (Wildman–Crippen MR) is 115 cm³/mol. The number of hydrogen-bond donors (Lipinski definition) is 1. The lowest BCUT2D eigenvalue weighted by atomic mass is 9.82. The van der Waals surface area contributed by atoms with Crippen molar-refractivity contribution in [1.82, 2.24) is 0 Å². The fourth-order valence-corrected chi connectivity index (χ4v) is 4.60. The van der Waals surface area contributed by atoms with Crippen molar-refractivity contribution in [2.45, 2.75) is 50.6 Å². The van der Waals surface area contributed by atoms with Crippen molar-refractivity contribution in [1.29, 1.82) is 0 Å². The van der Waals surface area contributed by atoms with Crippen LogP contribution in [0.1, 0.15) is 49.8 Å². The number of alkyl halides is 3. The standard InChI is InChI=1S/C24H25F3O3S/c1-16(2)12-13-23(18-9-4-3-5-10-18)14-20(28)21(22(29)30-23)31-15-17-8-6-7-11-19(17)24(25,26)27/h3-11,16,28H,12-15H2,1-2H3. The Kier molecular flexibility index (Phi) is 7.04. The molecule has 3 rings (SSSR count). The van der Waals surface area contributed by atoms with Crippen molar-refractivity contribution < 1.29 is 27.8 Å². The number of carbonyl (C=O) groups excluding carboxylic acids is 1. The molecule has 1 N–H and O–H groups in total. The van der Waals surface area contributed by atoms with E-state index >= 15 is 0 Å². The molecule has 1 aliphatic heterocycles. The van der Waals surface area contributed by atoms with E-state index in [2.05, 4.69) is 13.8 Å². The van der Waals surface area contributed by atoms with E-state index in [0.717, 1.165) is 29.8 Å². The van der Waals surface area contributed by atoms with E-state index in [-0.39, 0.29) is 28.4 Å². The van der Waals surface area contributed by atoms with Gasteiger partial charge in [0.15, 0.2) is 0 Å². The number of ether oxygens (including phenoxy) is 1. The average Bonchev–Trinajstić information content (AvgIpc) is 2.72. The van der Waals surface area contributed by atoms with Gasteiger partial charge in [-0.3, -0.25) is 0 Å². The Hall–Kier alpha value is -2.41. The molecule has 0 fully saturated rings. The Labute approximate surface area is 184 Å². The van der Waals surface area contributed by atoms with Crippen LogP contribution < -0.4 is 0 Å². The molecule has 1 aliphatic rings. The predicted octanol–water partition coefficient (Wildman–Crippen LogP) is 6.99. The summed E-state index contributed by atoms with van der Waals surface area (Å²) < 4.78 is 45.6. The maximum Gasteiger partial charge on any atom is 0.416 e. The quantitative estimate of drug-likeness (QED) is 0.462. The molecule has 166 valence electrons. The fourth-order valence-electron chi connectivity index (χ4n) is 3.65. The lowest BCUT2D eigenvalue weighted by molar-refractivity contribution is -0.160. The summed E-state index contributed by atoms with van der Waals surface area (Å²) in [7, 11) is 0. The summed E-state index contributed by atoms with van der Waals surface area (Å²) in [4.78, 5) is 12.8. The molecule has 0 aromatic heterocycles. The Bertz CT molecular complexity index is 954. The van der Waals surface area contributed by atoms with E-state index in [1.54, 1.807) is 0 Å². The fraction of sp³-hybridized carbons (Fsp3) is 0.375. The van der Waals surface area contributed by atoms with Gasteiger partial charge in [-0.05, 0) is 36.0 Å². The number of rotatable bonds is 7. The molecule has 7 heteroatoms. The van der Waals surface area contributed by atoms with E-state index in [1.165, 1.54) is 18.2 Å². The zero-order valence-corrected chi connectivity index (χ0v) is 18.2. The normalized spacial score (nSPS) is 19.6. The molecule has 1 atom stereocenters. The van der Waals surface area contributed by atoms with Crippen LogP contribution in [0.25, 0.3) is 0 Å². The number of cyclic esters (lactones) is 1. The van der Waals surface area contributed by atoms with Gasteiger partial charge in [-0.15, -0.1) is 11.8 Å². The van der Waals surface area contributed by atoms with Gasteiger partial charge in [0.25, 0.3) is 0 Å². The Morgan fingerprint density at radius 1 is 1.10 bits per heavy atom. The maximum absolute atomic E-state index is 13.2. The monoisotopic (exact) mass is 450 g/mol. The summed E-state index contributed by atoms with van der Waals surface area (Å²) in [5, 5.41) is 10.7. The highest BCUT2D eigenvalue weighted by Crippen LogP contribution is 2.45. The lowest BCUT2D eigenvalue weighted by Crippen LogP contribution is -2.37. The molecular formula is C24H25F3O3S. The molecule has 3 nitrogen and oxygen atoms in total. The number of aliphatic hydroxyl groups excluding tert-OH is 1. The number of esters is 1. The van der Waals surface area contributed by atoms with Crippen LogP contribution in [-0.2, 0) is 27.1 Å². The first-order valence-electron chi connectivity index (χ1n) is 10.1. The van der Waals surface area contributed by atoms with Crippen LogP contribution in [0.15, 0.2) is 65.3 Å². The summed E-state index contributed by atoms with van der Waals surface area (Å²) in [6.45, 7) is 4.14. The molecule has 0 saturated carbocycles. The lowest BCUT2D eigenvalue weighted by Gasteiger charge is -2.38. The third kappa shape index (κ3) is 5.45. The first-order chi connectivity index (χ1) is 14.6. The van der Waals surface area contributed by atoms with Gasteiger partial charge in [-0.25, -0.2) is 4.79 Å². The van der Waals surface area contributed by atoms with E-state index < -0.39 is 23.3 Å². The molecular weight excluding hydrogens is 425 g/mol. The van der Waals surface area contributed by atoms with Crippen LogP contribution in [0.5, 0.6) is 0 Å². The molecule has 0 spiro atoms. The minimum Gasteiger partial charge on any atom is -0.511 e. The number of thioether (sulfide) groups is 1. The summed E-state index contributed by atoms with van der Waals surface area (Å²) in [5.74, 6) is -0.571. The van der Waals surface area contributed by atoms with Gasteiger partial charge in [0.1, 0.15) is 16.3 Å². The number of carbonyl (C=O) groups is 1. The van der Waals surface area contributed by atoms with E-state index in [4.69, 9.17) is 4.74 Å². The van der Waals surface area contributed by atoms with Gasteiger partial charge in [0.05, 0.1) is 12.0 Å². The highest BCUT2D eigenvalue weighted by Gasteiger charge is 2.43. The summed E-state index contributed by atoms with van der Waals surface area (Å²) in [6.07, 6.45) is -3.06. The Balaban J connectivity index is 1.86. The second kappa shape index (κ2) is 9.39. The van der Waals surface area contributed by atoms with Crippen LogP contribution in [0, 0.1) is 5.92 Å². The summed E-state index contributed by atoms with van der Waals surface area (Å²) in [5.41, 5.74) is -0.891. The second-order valence-electron chi connectivity index (χ2n) is 8.08. The van der Waals surface area contributed by atoms with Crippen molar-refractivity contribution in [3.8, 4) is 0 Å². The highest BCUT2D eigenvalue weighted by atomic mass is 32.2. The van der Waals surface area contributed by atoms with E-state index in [9.17, 15) is 23.1 Å². The van der Waals surface area contributed by atoms with Crippen LogP contribution in [0.3, 0.4) is 0 Å². The van der Waals surface area contributed by atoms with Crippen molar-refractivity contribution in [2.24, 2.45) is 5.92 Å². The third-order valence-electron chi connectivity index (χ3n) is 5.31. The Morgan fingerprint density at radius 2 is 1.74 bits per heavy atom. The van der Waals surface area contributed by atoms with E-state index in [1.807, 2.05) is 30.3 Å². The maximum atomic E-state index is 13.2. The SMILES string of the molecule is CC(C)CCC1(c2ccccc2)CC(O)=C(SCc2ccccc2C(F)(F)F)C(=O)O1. The molecule has 1 unspecified atom stereocenters. The second-order valence-corrected chi connectivity index (χ2v) is 9.06. The molecule has 0 radical (unpaired) electrons. The minimum atomic E-state index is -4.49. The van der Waals surface area contributed by atoms with Crippen molar-refractivity contribution in [3.63, 3.8) is 0 Å². The number of aliphatic hydroxyl groups is 1. The third-order valence-corrected chi connectivity index (χ3v) is 6.46. The van der Waals surface area contributed by atoms with Crippen LogP contribution in [-0.4, -0.2) is 11.1 Å². The number of benzene rings is 2. The van der Waals surface area contributed by atoms with Gasteiger partial charge in [0.2, 0.25) is 0 Å². The molecule has 0 aliphatic carbocycles. The summed E-state index contributed by atoms with van der Waals surface area (Å²) >= 11 is 0.872. The van der Waals surface area contributed by atoms with Gasteiger partial charge in [-0.2, -0.15) is 13.2 Å². The minimum absolute atomic E-state index is 0.0342. The van der Waals surface area contributed by atoms with Crippen LogP contribution >= 0.6 is 11.8 Å². The van der Waals surface area contributed by atoms with Crippen molar-refractivity contribution in [3.05, 3.63) is 82.0 Å². The topological polar surface area (TPSA) is 46.5 Å². The Morgan fingerprint density at radius 3 is 2.35 bits per heavy atom. The van der Waals surface area contributed by atoms with E-state index in [0.29, 0.717) is 12.3 Å². The largest absolute Gasteiger partial charge is 0.511 e. The molecule has 1 heterocycles.